The number of benzene rings is 1. The fourth-order valence-electron chi connectivity index (χ4n) is 2.94. The smallest absolute Gasteiger partial charge is 0.128 e. The second kappa shape index (κ2) is 4.70. The summed E-state index contributed by atoms with van der Waals surface area (Å²) in [6.45, 7) is 5.10. The molecule has 1 aliphatic rings. The molecule has 0 unspecified atom stereocenters. The predicted octanol–water partition coefficient (Wildman–Crippen LogP) is 2.29. The van der Waals surface area contributed by atoms with Gasteiger partial charge in [0.15, 0.2) is 0 Å². The zero-order valence-electron chi connectivity index (χ0n) is 11.8. The van der Waals surface area contributed by atoms with Crippen molar-refractivity contribution in [1.82, 2.24) is 14.7 Å². The fourth-order valence-corrected chi connectivity index (χ4v) is 2.94. The summed E-state index contributed by atoms with van der Waals surface area (Å²) < 4.78 is 1.92. The number of nitrogens with one attached hydrogen (secondary N) is 1. The summed E-state index contributed by atoms with van der Waals surface area (Å²) in [5.74, 6) is 1.12. The Balaban J connectivity index is 1.81. The van der Waals surface area contributed by atoms with Gasteiger partial charge in [-0.15, -0.1) is 0 Å². The van der Waals surface area contributed by atoms with E-state index in [-0.39, 0.29) is 0 Å². The van der Waals surface area contributed by atoms with Gasteiger partial charge in [0.1, 0.15) is 5.82 Å². The predicted molar refractivity (Wildman–Crippen MR) is 76.9 cm³/mol. The monoisotopic (exact) mass is 256 g/mol. The first-order chi connectivity index (χ1) is 9.19. The van der Waals surface area contributed by atoms with E-state index in [0.717, 1.165) is 31.1 Å². The van der Waals surface area contributed by atoms with E-state index in [4.69, 9.17) is 0 Å². The molecule has 0 spiro atoms. The fraction of sp³-hybridized carbons (Fsp3) is 0.400. The number of rotatable bonds is 3. The Bertz CT molecular complexity index is 575. The number of aromatic nitrogens is 2. The molecule has 0 saturated heterocycles. The van der Waals surface area contributed by atoms with Crippen LogP contribution in [-0.4, -0.2) is 21.7 Å². The minimum Gasteiger partial charge on any atom is -0.373 e. The summed E-state index contributed by atoms with van der Waals surface area (Å²) in [7, 11) is 3.94. The summed E-state index contributed by atoms with van der Waals surface area (Å²) in [6.07, 6.45) is 0. The maximum Gasteiger partial charge on any atom is 0.128 e. The highest BCUT2D eigenvalue weighted by Gasteiger charge is 2.21. The van der Waals surface area contributed by atoms with Crippen LogP contribution in [0.5, 0.6) is 0 Å². The lowest BCUT2D eigenvalue weighted by Gasteiger charge is -2.15. The van der Waals surface area contributed by atoms with Gasteiger partial charge in [0.2, 0.25) is 0 Å². The van der Waals surface area contributed by atoms with Crippen molar-refractivity contribution >= 4 is 5.82 Å². The van der Waals surface area contributed by atoms with Crippen LogP contribution < -0.4 is 5.32 Å². The number of hydrogen-bond acceptors (Lipinski definition) is 3. The molecule has 4 nitrogen and oxygen atoms in total. The third-order valence-electron chi connectivity index (χ3n) is 3.87. The topological polar surface area (TPSA) is 33.1 Å². The Hall–Kier alpha value is -1.81. The van der Waals surface area contributed by atoms with E-state index in [9.17, 15) is 0 Å². The largest absolute Gasteiger partial charge is 0.373 e. The molecule has 3 rings (SSSR count). The first kappa shape index (κ1) is 12.2. The molecule has 0 amide bonds. The average Bonchev–Trinajstić information content (AvgIpc) is 2.91. The van der Waals surface area contributed by atoms with Gasteiger partial charge in [0.25, 0.3) is 0 Å². The van der Waals surface area contributed by atoms with Gasteiger partial charge in [-0.3, -0.25) is 9.58 Å². The van der Waals surface area contributed by atoms with E-state index >= 15 is 0 Å². The van der Waals surface area contributed by atoms with E-state index in [1.165, 1.54) is 16.7 Å². The number of anilines is 1. The molecular formula is C15H20N4. The highest BCUT2D eigenvalue weighted by molar-refractivity contribution is 5.47. The lowest BCUT2D eigenvalue weighted by Crippen LogP contribution is -2.17. The maximum atomic E-state index is 4.50. The van der Waals surface area contributed by atoms with Gasteiger partial charge < -0.3 is 5.32 Å². The molecule has 0 aliphatic carbocycles. The maximum absolute atomic E-state index is 4.50. The summed E-state index contributed by atoms with van der Waals surface area (Å²) in [4.78, 5) is 2.47. The molecular weight excluding hydrogens is 236 g/mol. The van der Waals surface area contributed by atoms with Crippen LogP contribution in [0.2, 0.25) is 0 Å². The van der Waals surface area contributed by atoms with Gasteiger partial charge in [0.05, 0.1) is 5.69 Å². The number of aryl methyl sites for hydroxylation is 2. The second-order valence-corrected chi connectivity index (χ2v) is 5.20. The number of nitrogens with zero attached hydrogens (tertiary/aromatic N) is 3. The summed E-state index contributed by atoms with van der Waals surface area (Å²) in [5.41, 5.74) is 5.32. The van der Waals surface area contributed by atoms with Crippen molar-refractivity contribution < 1.29 is 0 Å². The van der Waals surface area contributed by atoms with Gasteiger partial charge in [-0.2, -0.15) is 5.10 Å². The summed E-state index contributed by atoms with van der Waals surface area (Å²) >= 11 is 0. The van der Waals surface area contributed by atoms with E-state index in [1.807, 2.05) is 18.8 Å². The highest BCUT2D eigenvalue weighted by atomic mass is 15.3. The molecule has 1 N–H and O–H groups in total. The number of hydrogen-bond donors (Lipinski definition) is 1. The molecule has 1 aromatic heterocycles. The van der Waals surface area contributed by atoms with Crippen LogP contribution in [0.15, 0.2) is 24.3 Å². The quantitative estimate of drug-likeness (QED) is 0.914. The number of fused-ring (bicyclic) bond motifs is 1. The van der Waals surface area contributed by atoms with Crippen molar-refractivity contribution in [3.05, 3.63) is 46.6 Å². The Kier molecular flexibility index (Phi) is 3.03. The van der Waals surface area contributed by atoms with Crippen LogP contribution in [0, 0.1) is 6.92 Å². The van der Waals surface area contributed by atoms with Crippen LogP contribution >= 0.6 is 0 Å². The van der Waals surface area contributed by atoms with E-state index in [2.05, 4.69) is 46.5 Å². The standard InChI is InChI=1S/C15H20N4/c1-11-14(15(16-2)18(3)17-11)10-19-8-12-6-4-5-7-13(12)9-19/h4-7,16H,8-10H2,1-3H3. The SMILES string of the molecule is CNc1c(CN2Cc3ccccc3C2)c(C)nn1C. The molecule has 1 aliphatic heterocycles. The van der Waals surface area contributed by atoms with Crippen molar-refractivity contribution in [2.75, 3.05) is 12.4 Å². The molecule has 4 heteroatoms. The first-order valence-electron chi connectivity index (χ1n) is 6.68. The summed E-state index contributed by atoms with van der Waals surface area (Å²) in [6, 6.07) is 8.70. The van der Waals surface area contributed by atoms with Crippen LogP contribution in [0.25, 0.3) is 0 Å². The highest BCUT2D eigenvalue weighted by Crippen LogP contribution is 2.27. The molecule has 1 aromatic carbocycles. The van der Waals surface area contributed by atoms with E-state index < -0.39 is 0 Å². The normalized spacial score (nSPS) is 14.7. The van der Waals surface area contributed by atoms with Gasteiger partial charge in [-0.1, -0.05) is 24.3 Å². The molecule has 0 radical (unpaired) electrons. The van der Waals surface area contributed by atoms with Gasteiger partial charge in [-0.25, -0.2) is 0 Å². The second-order valence-electron chi connectivity index (χ2n) is 5.20. The third-order valence-corrected chi connectivity index (χ3v) is 3.87. The third kappa shape index (κ3) is 2.12. The molecule has 2 heterocycles. The lowest BCUT2D eigenvalue weighted by molar-refractivity contribution is 0.275. The van der Waals surface area contributed by atoms with Crippen LogP contribution in [0.1, 0.15) is 22.4 Å². The lowest BCUT2D eigenvalue weighted by atomic mass is 10.1. The first-order valence-corrected chi connectivity index (χ1v) is 6.68. The summed E-state index contributed by atoms with van der Waals surface area (Å²) in [5, 5.41) is 7.75. The van der Waals surface area contributed by atoms with Gasteiger partial charge >= 0.3 is 0 Å². The molecule has 0 fully saturated rings. The Morgan fingerprint density at radius 3 is 2.42 bits per heavy atom. The zero-order valence-corrected chi connectivity index (χ0v) is 11.8. The Morgan fingerprint density at radius 2 is 1.84 bits per heavy atom. The van der Waals surface area contributed by atoms with Crippen LogP contribution in [-0.2, 0) is 26.7 Å². The molecule has 0 atom stereocenters. The van der Waals surface area contributed by atoms with Crippen molar-refractivity contribution in [2.24, 2.45) is 7.05 Å². The molecule has 19 heavy (non-hydrogen) atoms. The Labute approximate surface area is 114 Å². The molecule has 100 valence electrons. The molecule has 2 aromatic rings. The molecule has 0 saturated carbocycles. The minimum atomic E-state index is 0.949. The van der Waals surface area contributed by atoms with Crippen molar-refractivity contribution in [1.29, 1.82) is 0 Å². The Morgan fingerprint density at radius 1 is 1.21 bits per heavy atom. The van der Waals surface area contributed by atoms with Crippen molar-refractivity contribution in [3.8, 4) is 0 Å². The van der Waals surface area contributed by atoms with Gasteiger partial charge in [-0.05, 0) is 18.1 Å². The minimum absolute atomic E-state index is 0.949. The van der Waals surface area contributed by atoms with Crippen molar-refractivity contribution in [2.45, 2.75) is 26.6 Å². The van der Waals surface area contributed by atoms with E-state index in [0.29, 0.717) is 0 Å². The van der Waals surface area contributed by atoms with Crippen LogP contribution in [0.4, 0.5) is 5.82 Å². The van der Waals surface area contributed by atoms with E-state index in [1.54, 1.807) is 0 Å². The zero-order chi connectivity index (χ0) is 13.4. The van der Waals surface area contributed by atoms with Gasteiger partial charge in [0, 0.05) is 39.3 Å². The van der Waals surface area contributed by atoms with Crippen LogP contribution in [0.3, 0.4) is 0 Å². The van der Waals surface area contributed by atoms with Crippen molar-refractivity contribution in [3.63, 3.8) is 0 Å². The average molecular weight is 256 g/mol. The molecule has 0 bridgehead atoms.